The number of hydrogen-bond acceptors (Lipinski definition) is 3. The molecule has 0 saturated heterocycles. The van der Waals surface area contributed by atoms with Gasteiger partial charge in [-0.15, -0.1) is 41.3 Å². The zero-order chi connectivity index (χ0) is 37.7. The molecule has 0 radical (unpaired) electrons. The molecule has 0 N–H and O–H groups in total. The molecule has 8 rings (SSSR count). The predicted octanol–water partition coefficient (Wildman–Crippen LogP) is 12.6. The number of hydrogen-bond donors (Lipinski definition) is 0. The minimum atomic E-state index is -0.167. The Kier molecular flexibility index (Phi) is 10.5. The van der Waals surface area contributed by atoms with Crippen LogP contribution in [0.4, 0.5) is 0 Å². The molecule has 278 valence electrons. The largest absolute Gasteiger partial charge is 2.00 e. The van der Waals surface area contributed by atoms with Crippen LogP contribution in [0.5, 0.6) is 11.5 Å². The molecule has 3 aromatic heterocycles. The summed E-state index contributed by atoms with van der Waals surface area (Å²) in [7, 11) is 0. The number of aromatic nitrogens is 4. The number of nitrogens with zero attached hydrogens (tertiary/aromatic N) is 4. The van der Waals surface area contributed by atoms with Crippen molar-refractivity contribution in [3.63, 3.8) is 0 Å². The summed E-state index contributed by atoms with van der Waals surface area (Å²) >= 11 is 0. The number of pyridine rings is 1. The Morgan fingerprint density at radius 1 is 0.727 bits per heavy atom. The fourth-order valence-electron chi connectivity index (χ4n) is 7.89. The van der Waals surface area contributed by atoms with Crippen LogP contribution in [0.25, 0.3) is 55.7 Å². The topological polar surface area (TPSA) is 44.9 Å². The maximum Gasteiger partial charge on any atom is 2.00 e. The summed E-state index contributed by atoms with van der Waals surface area (Å²) in [6.07, 6.45) is 3.98. The van der Waals surface area contributed by atoms with Crippen LogP contribution in [-0.2, 0) is 32.9 Å². The van der Waals surface area contributed by atoms with Gasteiger partial charge >= 0.3 is 21.1 Å². The van der Waals surface area contributed by atoms with E-state index in [9.17, 15) is 0 Å². The number of benzene rings is 5. The second-order valence-electron chi connectivity index (χ2n) is 15.5. The fraction of sp³-hybridized carbons (Fsp3) is 0.224. The van der Waals surface area contributed by atoms with Crippen molar-refractivity contribution < 1.29 is 25.8 Å². The van der Waals surface area contributed by atoms with Gasteiger partial charge in [-0.25, -0.2) is 4.98 Å². The first kappa shape index (κ1) is 38.0. The van der Waals surface area contributed by atoms with E-state index in [-0.39, 0.29) is 26.5 Å². The van der Waals surface area contributed by atoms with E-state index in [0.29, 0.717) is 11.5 Å². The van der Waals surface area contributed by atoms with Crippen LogP contribution in [0.15, 0.2) is 109 Å². The first-order valence-corrected chi connectivity index (χ1v) is 18.9. The van der Waals surface area contributed by atoms with Gasteiger partial charge < -0.3 is 9.30 Å². The summed E-state index contributed by atoms with van der Waals surface area (Å²) in [4.78, 5) is 4.83. The van der Waals surface area contributed by atoms with Crippen molar-refractivity contribution in [3.05, 3.63) is 155 Å². The van der Waals surface area contributed by atoms with Crippen molar-refractivity contribution in [1.82, 2.24) is 19.3 Å². The average molecular weight is 902 g/mol. The Morgan fingerprint density at radius 2 is 1.45 bits per heavy atom. The second-order valence-corrected chi connectivity index (χ2v) is 15.5. The Morgan fingerprint density at radius 3 is 2.18 bits per heavy atom. The summed E-state index contributed by atoms with van der Waals surface area (Å²) in [5.41, 5.74) is 14.2. The summed E-state index contributed by atoms with van der Waals surface area (Å²) in [6.45, 7) is 17.5. The van der Waals surface area contributed by atoms with Crippen molar-refractivity contribution in [3.8, 4) is 45.4 Å². The normalized spacial score (nSPS) is 11.6. The third-order valence-electron chi connectivity index (χ3n) is 10.3. The molecule has 0 spiro atoms. The van der Waals surface area contributed by atoms with Crippen molar-refractivity contribution in [2.75, 3.05) is 0 Å². The molecule has 0 atom stereocenters. The van der Waals surface area contributed by atoms with Crippen molar-refractivity contribution in [2.45, 2.75) is 73.6 Å². The summed E-state index contributed by atoms with van der Waals surface area (Å²) in [5.74, 6) is 2.09. The maximum atomic E-state index is 6.77. The van der Waals surface area contributed by atoms with E-state index in [0.717, 1.165) is 74.2 Å². The number of ether oxygens (including phenoxy) is 1. The van der Waals surface area contributed by atoms with Crippen LogP contribution in [0.2, 0.25) is 0 Å². The maximum absolute atomic E-state index is 6.77. The van der Waals surface area contributed by atoms with Crippen LogP contribution in [0.1, 0.15) is 67.6 Å². The van der Waals surface area contributed by atoms with Gasteiger partial charge in [0.15, 0.2) is 0 Å². The minimum absolute atomic E-state index is 0. The average Bonchev–Trinajstić information content (AvgIpc) is 3.65. The molecule has 3 heterocycles. The van der Waals surface area contributed by atoms with Gasteiger partial charge in [0.25, 0.3) is 0 Å². The molecule has 0 bridgehead atoms. The van der Waals surface area contributed by atoms with Crippen molar-refractivity contribution in [1.29, 1.82) is 0 Å². The third-order valence-corrected chi connectivity index (χ3v) is 10.3. The first-order chi connectivity index (χ1) is 26.0. The molecule has 55 heavy (non-hydrogen) atoms. The molecule has 5 aromatic carbocycles. The van der Waals surface area contributed by atoms with Crippen LogP contribution < -0.4 is 4.74 Å². The molecule has 0 aliphatic heterocycles. The molecular formula is C49H46N4OPt. The smallest absolute Gasteiger partial charge is 0.509 e. The predicted molar refractivity (Wildman–Crippen MR) is 222 cm³/mol. The Hall–Kier alpha value is -5.25. The molecule has 0 amide bonds. The van der Waals surface area contributed by atoms with E-state index in [2.05, 4.69) is 174 Å². The van der Waals surface area contributed by atoms with Crippen molar-refractivity contribution >= 4 is 21.8 Å². The zero-order valence-corrected chi connectivity index (χ0v) is 35.1. The quantitative estimate of drug-likeness (QED) is 0.143. The van der Waals surface area contributed by atoms with E-state index in [1.165, 1.54) is 27.8 Å². The van der Waals surface area contributed by atoms with Gasteiger partial charge in [-0.3, -0.25) is 4.68 Å². The number of para-hydroxylation sites is 1. The SMILES string of the molecule is CCCc1ccnc(-n2c3[c-]c(Oc4[c-]c(-n5nc(C)c(-c6c(C)cc(C)cc6C)c5-c5ccccc5)cc(C(C)(C)C)c4)ccc3c3ccccc32)c1.[Pt+2]. The molecule has 6 heteroatoms. The van der Waals surface area contributed by atoms with Gasteiger partial charge in [-0.05, 0) is 91.1 Å². The number of rotatable bonds is 8. The van der Waals surface area contributed by atoms with Crippen LogP contribution >= 0.6 is 0 Å². The monoisotopic (exact) mass is 901 g/mol. The number of fused-ring (bicyclic) bond motifs is 3. The van der Waals surface area contributed by atoms with Gasteiger partial charge in [0, 0.05) is 34.3 Å². The van der Waals surface area contributed by atoms with Crippen LogP contribution in [0, 0.1) is 39.8 Å². The van der Waals surface area contributed by atoms with Gasteiger partial charge in [0.2, 0.25) is 0 Å². The summed E-state index contributed by atoms with van der Waals surface area (Å²) in [6, 6.07) is 43.6. The fourth-order valence-corrected chi connectivity index (χ4v) is 7.89. The van der Waals surface area contributed by atoms with E-state index in [1.54, 1.807) is 0 Å². The minimum Gasteiger partial charge on any atom is -0.509 e. The van der Waals surface area contributed by atoms with E-state index in [1.807, 2.05) is 12.3 Å². The molecule has 0 aliphatic carbocycles. The van der Waals surface area contributed by atoms with Gasteiger partial charge in [0.05, 0.1) is 11.4 Å². The second kappa shape index (κ2) is 15.1. The summed E-state index contributed by atoms with van der Waals surface area (Å²) in [5, 5.41) is 7.50. The molecular weight excluding hydrogens is 856 g/mol. The van der Waals surface area contributed by atoms with E-state index >= 15 is 0 Å². The third kappa shape index (κ3) is 7.19. The Labute approximate surface area is 339 Å². The number of aryl methyl sites for hydroxylation is 5. The Balaban J connectivity index is 0.00000465. The first-order valence-electron chi connectivity index (χ1n) is 18.9. The van der Waals surface area contributed by atoms with Gasteiger partial charge in [0.1, 0.15) is 5.82 Å². The zero-order valence-electron chi connectivity index (χ0n) is 32.8. The van der Waals surface area contributed by atoms with E-state index in [4.69, 9.17) is 14.8 Å². The van der Waals surface area contributed by atoms with E-state index < -0.39 is 0 Å². The van der Waals surface area contributed by atoms with Gasteiger partial charge in [-0.2, -0.15) is 11.2 Å². The molecule has 0 aliphatic rings. The standard InChI is InChI=1S/C49H46N4O.Pt/c1-9-15-35-22-23-50-45(26-35)52-43-19-14-13-18-41(43)42-21-20-39(30-44(42)52)54-40-28-37(49(6,7)8)27-38(29-40)53-48(36-16-11-10-12-17-36)47(34(5)51-53)46-32(3)24-31(2)25-33(46)4;/h10-14,16-28H,9,15H2,1-8H3;/q-2;+2. The van der Waals surface area contributed by atoms with Crippen molar-refractivity contribution in [2.24, 2.45) is 0 Å². The van der Waals surface area contributed by atoms with Gasteiger partial charge in [-0.1, -0.05) is 106 Å². The molecule has 8 aromatic rings. The molecule has 0 saturated carbocycles. The summed E-state index contributed by atoms with van der Waals surface area (Å²) < 4.78 is 11.0. The van der Waals surface area contributed by atoms with Crippen LogP contribution in [-0.4, -0.2) is 19.3 Å². The van der Waals surface area contributed by atoms with Crippen LogP contribution in [0.3, 0.4) is 0 Å². The Bertz CT molecular complexity index is 2660. The molecule has 0 fully saturated rings. The molecule has 5 nitrogen and oxygen atoms in total. The molecule has 0 unspecified atom stereocenters.